The molecule has 0 saturated heterocycles. The normalized spacial score (nSPS) is 11.6. The molecule has 2 aromatic heterocycles. The second kappa shape index (κ2) is 12.9. The van der Waals surface area contributed by atoms with E-state index in [1.165, 1.54) is 75.0 Å². The maximum absolute atomic E-state index is 2.42. The molecule has 0 aliphatic heterocycles. The highest BCUT2D eigenvalue weighted by Gasteiger charge is 2.19. The second-order valence-electron chi connectivity index (χ2n) is 14.2. The Balaban J connectivity index is 1.09. The van der Waals surface area contributed by atoms with Gasteiger partial charge in [0.1, 0.15) is 0 Å². The van der Waals surface area contributed by atoms with E-state index in [0.29, 0.717) is 0 Å². The predicted molar refractivity (Wildman–Crippen MR) is 237 cm³/mol. The van der Waals surface area contributed by atoms with Gasteiger partial charge < -0.3 is 9.47 Å². The van der Waals surface area contributed by atoms with E-state index in [0.717, 1.165) is 22.7 Å². The second-order valence-corrected chi connectivity index (χ2v) is 15.2. The van der Waals surface area contributed by atoms with Crippen LogP contribution in [0.5, 0.6) is 0 Å². The minimum absolute atomic E-state index is 1.09. The Kier molecular flexibility index (Phi) is 7.39. The lowest BCUT2D eigenvalue weighted by Crippen LogP contribution is -2.11. The van der Waals surface area contributed by atoms with E-state index in [1.807, 2.05) is 11.3 Å². The first kappa shape index (κ1) is 31.6. The van der Waals surface area contributed by atoms with Crippen molar-refractivity contribution in [1.29, 1.82) is 0 Å². The van der Waals surface area contributed by atoms with Gasteiger partial charge in [0.2, 0.25) is 0 Å². The van der Waals surface area contributed by atoms with Crippen LogP contribution in [-0.4, -0.2) is 4.57 Å². The molecule has 0 radical (unpaired) electrons. The lowest BCUT2D eigenvalue weighted by atomic mass is 9.99. The number of benzene rings is 9. The van der Waals surface area contributed by atoms with Crippen molar-refractivity contribution in [2.75, 3.05) is 4.90 Å². The summed E-state index contributed by atoms with van der Waals surface area (Å²) >= 11 is 1.86. The molecule has 0 bridgehead atoms. The van der Waals surface area contributed by atoms with Crippen LogP contribution < -0.4 is 4.90 Å². The minimum atomic E-state index is 1.09. The largest absolute Gasteiger partial charge is 0.310 e. The first-order valence-corrected chi connectivity index (χ1v) is 19.6. The Morgan fingerprint density at radius 1 is 0.364 bits per heavy atom. The molecule has 11 rings (SSSR count). The standard InChI is InChI=1S/C52H34N2S/c1-2-13-36-32-38(25-24-35(36)12-1)37-14-11-15-42(33-37)53(40-27-29-41(30-28-40)54-49-21-8-4-17-44(49)45-18-5-9-22-50(45)54)48-20-7-3-16-43(48)39-26-31-47-46-19-6-10-23-51(46)55-52(47)34-39/h1-34H. The van der Waals surface area contributed by atoms with Crippen molar-refractivity contribution in [3.8, 4) is 27.9 Å². The van der Waals surface area contributed by atoms with Crippen molar-refractivity contribution in [2.24, 2.45) is 0 Å². The summed E-state index contributed by atoms with van der Waals surface area (Å²) < 4.78 is 5.00. The van der Waals surface area contributed by atoms with E-state index in [4.69, 9.17) is 0 Å². The molecule has 2 heterocycles. The van der Waals surface area contributed by atoms with Crippen LogP contribution in [0.1, 0.15) is 0 Å². The van der Waals surface area contributed by atoms with Crippen LogP contribution >= 0.6 is 11.3 Å². The Morgan fingerprint density at radius 2 is 1.00 bits per heavy atom. The zero-order valence-electron chi connectivity index (χ0n) is 29.9. The number of hydrogen-bond acceptors (Lipinski definition) is 2. The van der Waals surface area contributed by atoms with Crippen LogP contribution in [0.4, 0.5) is 17.1 Å². The van der Waals surface area contributed by atoms with Crippen LogP contribution in [0.3, 0.4) is 0 Å². The molecular formula is C52H34N2S. The molecule has 258 valence electrons. The number of thiophene rings is 1. The van der Waals surface area contributed by atoms with Gasteiger partial charge in [0, 0.05) is 53.6 Å². The average Bonchev–Trinajstić information content (AvgIpc) is 3.80. The highest BCUT2D eigenvalue weighted by atomic mass is 32.1. The summed E-state index contributed by atoms with van der Waals surface area (Å²) in [6.07, 6.45) is 0. The Morgan fingerprint density at radius 3 is 1.82 bits per heavy atom. The zero-order chi connectivity index (χ0) is 36.3. The number of rotatable bonds is 6. The maximum atomic E-state index is 2.42. The van der Waals surface area contributed by atoms with Gasteiger partial charge in [0.25, 0.3) is 0 Å². The number of anilines is 3. The maximum Gasteiger partial charge on any atom is 0.0541 e. The van der Waals surface area contributed by atoms with Crippen LogP contribution in [0.15, 0.2) is 206 Å². The first-order chi connectivity index (χ1) is 27.3. The van der Waals surface area contributed by atoms with Gasteiger partial charge in [-0.2, -0.15) is 0 Å². The highest BCUT2D eigenvalue weighted by molar-refractivity contribution is 7.25. The number of fused-ring (bicyclic) bond motifs is 7. The topological polar surface area (TPSA) is 8.17 Å². The fraction of sp³-hybridized carbons (Fsp3) is 0. The summed E-state index contributed by atoms with van der Waals surface area (Å²) in [6.45, 7) is 0. The van der Waals surface area contributed by atoms with Gasteiger partial charge in [0.15, 0.2) is 0 Å². The third-order valence-electron chi connectivity index (χ3n) is 11.0. The molecule has 55 heavy (non-hydrogen) atoms. The van der Waals surface area contributed by atoms with Crippen LogP contribution in [0, 0.1) is 0 Å². The fourth-order valence-corrected chi connectivity index (χ4v) is 9.52. The van der Waals surface area contributed by atoms with E-state index in [1.54, 1.807) is 0 Å². The Labute approximate surface area is 323 Å². The van der Waals surface area contributed by atoms with Crippen molar-refractivity contribution in [3.63, 3.8) is 0 Å². The molecule has 0 atom stereocenters. The van der Waals surface area contributed by atoms with Gasteiger partial charge in [0.05, 0.1) is 16.7 Å². The zero-order valence-corrected chi connectivity index (χ0v) is 30.7. The molecule has 0 aliphatic carbocycles. The van der Waals surface area contributed by atoms with Gasteiger partial charge in [-0.25, -0.2) is 0 Å². The van der Waals surface area contributed by atoms with Crippen molar-refractivity contribution in [1.82, 2.24) is 4.57 Å². The molecule has 0 N–H and O–H groups in total. The smallest absolute Gasteiger partial charge is 0.0541 e. The predicted octanol–water partition coefficient (Wildman–Crippen LogP) is 15.1. The summed E-state index contributed by atoms with van der Waals surface area (Å²) in [6, 6.07) is 75.3. The average molecular weight is 719 g/mol. The number of hydrogen-bond donors (Lipinski definition) is 0. The van der Waals surface area contributed by atoms with Crippen molar-refractivity contribution < 1.29 is 0 Å². The third kappa shape index (κ3) is 5.32. The minimum Gasteiger partial charge on any atom is -0.310 e. The van der Waals surface area contributed by atoms with Gasteiger partial charge in [-0.05, 0) is 100 Å². The molecule has 0 saturated carbocycles. The van der Waals surface area contributed by atoms with E-state index in [9.17, 15) is 0 Å². The Bertz CT molecular complexity index is 3170. The summed E-state index contributed by atoms with van der Waals surface area (Å²) in [5.74, 6) is 0. The number of para-hydroxylation sites is 3. The quantitative estimate of drug-likeness (QED) is 0.166. The van der Waals surface area contributed by atoms with Crippen LogP contribution in [-0.2, 0) is 0 Å². The molecular weight excluding hydrogens is 685 g/mol. The van der Waals surface area contributed by atoms with Gasteiger partial charge in [-0.15, -0.1) is 11.3 Å². The first-order valence-electron chi connectivity index (χ1n) is 18.8. The molecule has 0 amide bonds. The van der Waals surface area contributed by atoms with Crippen molar-refractivity contribution >= 4 is 81.1 Å². The molecule has 0 spiro atoms. The SMILES string of the molecule is c1cc(-c2ccc3ccccc3c2)cc(N(c2ccc(-n3c4ccccc4c4ccccc43)cc2)c2ccccc2-c2ccc3c(c2)sc2ccccc23)c1. The molecule has 3 heteroatoms. The number of aromatic nitrogens is 1. The van der Waals surface area contributed by atoms with E-state index in [2.05, 4.69) is 216 Å². The Hall–Kier alpha value is -6.94. The van der Waals surface area contributed by atoms with Crippen molar-refractivity contribution in [3.05, 3.63) is 206 Å². The van der Waals surface area contributed by atoms with Crippen molar-refractivity contribution in [2.45, 2.75) is 0 Å². The molecule has 0 aliphatic rings. The van der Waals surface area contributed by atoms with E-state index < -0.39 is 0 Å². The van der Waals surface area contributed by atoms with E-state index in [-0.39, 0.29) is 0 Å². The summed E-state index contributed by atoms with van der Waals surface area (Å²) in [7, 11) is 0. The van der Waals surface area contributed by atoms with Crippen LogP contribution in [0.2, 0.25) is 0 Å². The van der Waals surface area contributed by atoms with E-state index >= 15 is 0 Å². The summed E-state index contributed by atoms with van der Waals surface area (Å²) in [4.78, 5) is 2.42. The van der Waals surface area contributed by atoms with Gasteiger partial charge >= 0.3 is 0 Å². The third-order valence-corrected chi connectivity index (χ3v) is 12.1. The number of nitrogens with zero attached hydrogens (tertiary/aromatic N) is 2. The lowest BCUT2D eigenvalue weighted by Gasteiger charge is -2.28. The summed E-state index contributed by atoms with van der Waals surface area (Å²) in [5.41, 5.74) is 11.6. The molecule has 9 aromatic carbocycles. The molecule has 11 aromatic rings. The summed E-state index contributed by atoms with van der Waals surface area (Å²) in [5, 5.41) is 7.64. The van der Waals surface area contributed by atoms with Gasteiger partial charge in [-0.3, -0.25) is 0 Å². The highest BCUT2D eigenvalue weighted by Crippen LogP contribution is 2.44. The monoisotopic (exact) mass is 718 g/mol. The fourth-order valence-electron chi connectivity index (χ4n) is 8.38. The van der Waals surface area contributed by atoms with Crippen LogP contribution in [0.25, 0.3) is 80.7 Å². The van der Waals surface area contributed by atoms with Gasteiger partial charge in [-0.1, -0.05) is 133 Å². The molecule has 0 unspecified atom stereocenters. The molecule has 0 fully saturated rings. The molecule has 2 nitrogen and oxygen atoms in total. The lowest BCUT2D eigenvalue weighted by molar-refractivity contribution is 1.17.